The normalized spacial score (nSPS) is 18.5. The predicted octanol–water partition coefficient (Wildman–Crippen LogP) is 2.57. The van der Waals surface area contributed by atoms with E-state index < -0.39 is 0 Å². The topological polar surface area (TPSA) is 34.9 Å². The molecular formula is C10H12Br2N2O. The number of nitrogens with zero attached hydrogens (tertiary/aromatic N) is 2. The predicted molar refractivity (Wildman–Crippen MR) is 66.3 cm³/mol. The minimum Gasteiger partial charge on any atom is -0.298 e. The second kappa shape index (κ2) is 4.37. The zero-order valence-corrected chi connectivity index (χ0v) is 11.4. The van der Waals surface area contributed by atoms with Crippen LogP contribution in [-0.4, -0.2) is 14.9 Å². The Balaban J connectivity index is 2.24. The van der Waals surface area contributed by atoms with Gasteiger partial charge in [-0.15, -0.1) is 0 Å². The molecule has 15 heavy (non-hydrogen) atoms. The van der Waals surface area contributed by atoms with Crippen LogP contribution in [0.1, 0.15) is 19.3 Å². The van der Waals surface area contributed by atoms with Gasteiger partial charge in [-0.2, -0.15) is 0 Å². The van der Waals surface area contributed by atoms with E-state index in [9.17, 15) is 4.79 Å². The van der Waals surface area contributed by atoms with Gasteiger partial charge in [-0.05, 0) is 34.2 Å². The highest BCUT2D eigenvalue weighted by molar-refractivity contribution is 9.10. The summed E-state index contributed by atoms with van der Waals surface area (Å²) >= 11 is 6.74. The smallest absolute Gasteiger partial charge is 0.267 e. The van der Waals surface area contributed by atoms with Gasteiger partial charge < -0.3 is 0 Å². The van der Waals surface area contributed by atoms with Crippen LogP contribution in [0.15, 0.2) is 21.8 Å². The molecule has 0 atom stereocenters. The molecule has 1 aliphatic rings. The van der Waals surface area contributed by atoms with Crippen molar-refractivity contribution in [1.82, 2.24) is 9.55 Å². The van der Waals surface area contributed by atoms with Crippen molar-refractivity contribution in [3.8, 4) is 0 Å². The molecule has 1 aliphatic carbocycles. The first-order valence-corrected chi connectivity index (χ1v) is 6.84. The first-order valence-electron chi connectivity index (χ1n) is 4.93. The van der Waals surface area contributed by atoms with Gasteiger partial charge in [-0.1, -0.05) is 22.4 Å². The molecule has 1 aromatic rings. The quantitative estimate of drug-likeness (QED) is 0.796. The summed E-state index contributed by atoms with van der Waals surface area (Å²) in [5, 5.41) is 0.957. The Morgan fingerprint density at radius 1 is 1.53 bits per heavy atom. The maximum atomic E-state index is 11.8. The van der Waals surface area contributed by atoms with Gasteiger partial charge >= 0.3 is 0 Å². The van der Waals surface area contributed by atoms with E-state index >= 15 is 0 Å². The average Bonchev–Trinajstić information content (AvgIpc) is 2.18. The SMILES string of the molecule is O=c1c(Br)cncn1CC1(CBr)CCC1. The molecule has 1 fully saturated rings. The third kappa shape index (κ3) is 2.18. The van der Waals surface area contributed by atoms with Gasteiger partial charge in [0.2, 0.25) is 0 Å². The van der Waals surface area contributed by atoms with Crippen molar-refractivity contribution in [1.29, 1.82) is 0 Å². The Morgan fingerprint density at radius 3 is 2.80 bits per heavy atom. The van der Waals surface area contributed by atoms with E-state index in [4.69, 9.17) is 0 Å². The van der Waals surface area contributed by atoms with Gasteiger partial charge in [-0.25, -0.2) is 4.98 Å². The van der Waals surface area contributed by atoms with E-state index in [2.05, 4.69) is 36.8 Å². The van der Waals surface area contributed by atoms with Crippen LogP contribution in [0.4, 0.5) is 0 Å². The fourth-order valence-corrected chi connectivity index (χ4v) is 2.99. The molecule has 0 unspecified atom stereocenters. The van der Waals surface area contributed by atoms with Gasteiger partial charge in [0.25, 0.3) is 5.56 Å². The fourth-order valence-electron chi connectivity index (χ4n) is 1.91. The molecule has 82 valence electrons. The number of aromatic nitrogens is 2. The van der Waals surface area contributed by atoms with Crippen LogP contribution in [0.2, 0.25) is 0 Å². The highest BCUT2D eigenvalue weighted by Gasteiger charge is 2.36. The molecule has 0 N–H and O–H groups in total. The largest absolute Gasteiger partial charge is 0.298 e. The summed E-state index contributed by atoms with van der Waals surface area (Å²) in [5.41, 5.74) is 0.281. The molecule has 0 aromatic carbocycles. The number of hydrogen-bond acceptors (Lipinski definition) is 2. The summed E-state index contributed by atoms with van der Waals surface area (Å²) in [6, 6.07) is 0. The van der Waals surface area contributed by atoms with Crippen LogP contribution in [0.3, 0.4) is 0 Å². The second-order valence-corrected chi connectivity index (χ2v) is 5.58. The van der Waals surface area contributed by atoms with Crippen LogP contribution in [0.25, 0.3) is 0 Å². The molecule has 2 rings (SSSR count). The molecule has 0 spiro atoms. The third-order valence-electron chi connectivity index (χ3n) is 3.06. The van der Waals surface area contributed by atoms with Crippen molar-refractivity contribution in [3.05, 3.63) is 27.4 Å². The first-order chi connectivity index (χ1) is 7.17. The first kappa shape index (κ1) is 11.3. The lowest BCUT2D eigenvalue weighted by Gasteiger charge is -2.40. The summed E-state index contributed by atoms with van der Waals surface area (Å²) in [6.45, 7) is 0.767. The standard InChI is InChI=1S/C10H12Br2N2O/c11-5-10(2-1-3-10)6-14-7-13-4-8(12)9(14)15/h4,7H,1-3,5-6H2. The van der Waals surface area contributed by atoms with Gasteiger partial charge in [0.05, 0.1) is 6.33 Å². The summed E-state index contributed by atoms with van der Waals surface area (Å²) in [5.74, 6) is 0. The van der Waals surface area contributed by atoms with Crippen LogP contribution in [0.5, 0.6) is 0 Å². The van der Waals surface area contributed by atoms with Crippen molar-refractivity contribution in [2.24, 2.45) is 5.41 Å². The summed E-state index contributed by atoms with van der Waals surface area (Å²) in [7, 11) is 0. The number of rotatable bonds is 3. The highest BCUT2D eigenvalue weighted by Crippen LogP contribution is 2.43. The van der Waals surface area contributed by atoms with Crippen LogP contribution < -0.4 is 5.56 Å². The second-order valence-electron chi connectivity index (χ2n) is 4.16. The van der Waals surface area contributed by atoms with Crippen LogP contribution in [-0.2, 0) is 6.54 Å². The molecule has 1 aromatic heterocycles. The minimum absolute atomic E-state index is 0.0113. The zero-order chi connectivity index (χ0) is 10.9. The Bertz CT molecular complexity index is 407. The highest BCUT2D eigenvalue weighted by atomic mass is 79.9. The number of alkyl halides is 1. The molecule has 1 saturated carbocycles. The minimum atomic E-state index is 0.0113. The Morgan fingerprint density at radius 2 is 2.27 bits per heavy atom. The molecule has 5 heteroatoms. The molecule has 3 nitrogen and oxygen atoms in total. The lowest BCUT2D eigenvalue weighted by atomic mass is 9.70. The summed E-state index contributed by atoms with van der Waals surface area (Å²) in [6.07, 6.45) is 6.81. The van der Waals surface area contributed by atoms with Gasteiger partial charge in [0, 0.05) is 18.1 Å². The van der Waals surface area contributed by atoms with E-state index in [0.717, 1.165) is 11.9 Å². The van der Waals surface area contributed by atoms with E-state index in [0.29, 0.717) is 4.47 Å². The fraction of sp³-hybridized carbons (Fsp3) is 0.600. The van der Waals surface area contributed by atoms with Gasteiger partial charge in [0.15, 0.2) is 0 Å². The maximum absolute atomic E-state index is 11.8. The Hall–Kier alpha value is -0.160. The van der Waals surface area contributed by atoms with E-state index in [1.54, 1.807) is 17.1 Å². The monoisotopic (exact) mass is 334 g/mol. The van der Waals surface area contributed by atoms with Crippen molar-refractivity contribution >= 4 is 31.9 Å². The average molecular weight is 336 g/mol. The van der Waals surface area contributed by atoms with Crippen molar-refractivity contribution < 1.29 is 0 Å². The lowest BCUT2D eigenvalue weighted by molar-refractivity contribution is 0.138. The van der Waals surface area contributed by atoms with Crippen molar-refractivity contribution in [2.75, 3.05) is 5.33 Å². The molecule has 0 amide bonds. The molecule has 1 heterocycles. The van der Waals surface area contributed by atoms with Crippen LogP contribution in [0, 0.1) is 5.41 Å². The number of hydrogen-bond donors (Lipinski definition) is 0. The lowest BCUT2D eigenvalue weighted by Crippen LogP contribution is -2.39. The van der Waals surface area contributed by atoms with Crippen molar-refractivity contribution in [2.45, 2.75) is 25.8 Å². The zero-order valence-electron chi connectivity index (χ0n) is 8.25. The third-order valence-corrected chi connectivity index (χ3v) is 4.80. The van der Waals surface area contributed by atoms with Crippen molar-refractivity contribution in [3.63, 3.8) is 0 Å². The molecule has 0 saturated heterocycles. The molecule has 0 radical (unpaired) electrons. The van der Waals surface area contributed by atoms with E-state index in [1.807, 2.05) is 0 Å². The number of halogens is 2. The van der Waals surface area contributed by atoms with E-state index in [1.165, 1.54) is 19.3 Å². The maximum Gasteiger partial charge on any atom is 0.267 e. The van der Waals surface area contributed by atoms with Gasteiger partial charge in [-0.3, -0.25) is 9.36 Å². The Kier molecular flexibility index (Phi) is 3.30. The Labute approximate surface area is 105 Å². The van der Waals surface area contributed by atoms with Crippen LogP contribution >= 0.6 is 31.9 Å². The summed E-state index contributed by atoms with van der Waals surface area (Å²) in [4.78, 5) is 15.8. The van der Waals surface area contributed by atoms with E-state index in [-0.39, 0.29) is 11.0 Å². The molecule has 0 aliphatic heterocycles. The molecular weight excluding hydrogens is 324 g/mol. The van der Waals surface area contributed by atoms with Gasteiger partial charge in [0.1, 0.15) is 4.47 Å². The summed E-state index contributed by atoms with van der Waals surface area (Å²) < 4.78 is 2.24. The molecule has 0 bridgehead atoms.